The minimum absolute atomic E-state index is 0.137. The second-order valence-electron chi connectivity index (χ2n) is 6.82. The van der Waals surface area contributed by atoms with Gasteiger partial charge in [-0.1, -0.05) is 6.07 Å². The zero-order valence-electron chi connectivity index (χ0n) is 14.6. The maximum atomic E-state index is 14.4. The zero-order chi connectivity index (χ0) is 18.1. The van der Waals surface area contributed by atoms with Crippen LogP contribution in [0.5, 0.6) is 5.75 Å². The Morgan fingerprint density at radius 1 is 1.29 bits per heavy atom. The molecule has 1 aromatic carbocycles. The molecule has 1 aromatic rings. The Morgan fingerprint density at radius 3 is 2.38 bits per heavy atom. The Labute approximate surface area is 141 Å². The number of likely N-dealkylation sites (N-methyl/N-ethyl adjacent to an activating group) is 1. The number of hydrogen-bond acceptors (Lipinski definition) is 4. The molecule has 1 amide bonds. The number of carbonyl (C=O) groups is 1. The van der Waals surface area contributed by atoms with Crippen molar-refractivity contribution in [2.75, 3.05) is 20.2 Å². The predicted molar refractivity (Wildman–Crippen MR) is 88.3 cm³/mol. The number of rotatable bonds is 5. The van der Waals surface area contributed by atoms with Gasteiger partial charge in [-0.05, 0) is 33.8 Å². The smallest absolute Gasteiger partial charge is 0.492 e. The van der Waals surface area contributed by atoms with E-state index >= 15 is 0 Å². The molecular formula is C16H23BFNO5. The van der Waals surface area contributed by atoms with Crippen LogP contribution in [0.4, 0.5) is 9.18 Å². The summed E-state index contributed by atoms with van der Waals surface area (Å²) in [6, 6.07) is 4.43. The topological polar surface area (TPSA) is 68.2 Å². The van der Waals surface area contributed by atoms with Crippen molar-refractivity contribution in [1.29, 1.82) is 0 Å². The molecule has 0 spiro atoms. The molecule has 8 heteroatoms. The molecule has 2 rings (SSSR count). The molecule has 0 radical (unpaired) electrons. The highest BCUT2D eigenvalue weighted by molar-refractivity contribution is 6.62. The number of amides is 1. The average molecular weight is 339 g/mol. The van der Waals surface area contributed by atoms with Crippen molar-refractivity contribution < 1.29 is 28.3 Å². The largest absolute Gasteiger partial charge is 0.497 e. The molecule has 0 aromatic heterocycles. The number of carboxylic acid groups (broad SMARTS) is 1. The van der Waals surface area contributed by atoms with Gasteiger partial charge in [0.05, 0.1) is 17.7 Å². The lowest BCUT2D eigenvalue weighted by Crippen LogP contribution is -2.41. The van der Waals surface area contributed by atoms with E-state index in [0.29, 0.717) is 11.2 Å². The predicted octanol–water partition coefficient (Wildman–Crippen LogP) is 2.11. The Hall–Kier alpha value is -1.80. The molecule has 0 unspecified atom stereocenters. The zero-order valence-corrected chi connectivity index (χ0v) is 14.6. The van der Waals surface area contributed by atoms with E-state index < -0.39 is 30.2 Å². The molecule has 0 bridgehead atoms. The quantitative estimate of drug-likeness (QED) is 0.833. The van der Waals surface area contributed by atoms with Gasteiger partial charge < -0.3 is 24.1 Å². The summed E-state index contributed by atoms with van der Waals surface area (Å²) in [7, 11) is 0.662. The van der Waals surface area contributed by atoms with Crippen LogP contribution < -0.4 is 10.2 Å². The minimum atomic E-state index is -1.04. The molecule has 24 heavy (non-hydrogen) atoms. The minimum Gasteiger partial charge on any atom is -0.492 e. The molecule has 132 valence electrons. The van der Waals surface area contributed by atoms with Gasteiger partial charge in [0.2, 0.25) is 0 Å². The first-order chi connectivity index (χ1) is 11.0. The van der Waals surface area contributed by atoms with Crippen LogP contribution in [0.2, 0.25) is 0 Å². The highest BCUT2D eigenvalue weighted by Crippen LogP contribution is 2.36. The summed E-state index contributed by atoms with van der Waals surface area (Å²) in [5.74, 6) is -0.163. The van der Waals surface area contributed by atoms with Crippen LogP contribution in [-0.4, -0.2) is 54.6 Å². The van der Waals surface area contributed by atoms with E-state index in [1.54, 1.807) is 12.1 Å². The van der Waals surface area contributed by atoms with Crippen LogP contribution in [0.3, 0.4) is 0 Å². The summed E-state index contributed by atoms with van der Waals surface area (Å²) in [4.78, 5) is 11.8. The van der Waals surface area contributed by atoms with Gasteiger partial charge in [-0.2, -0.15) is 0 Å². The maximum absolute atomic E-state index is 14.4. The fourth-order valence-corrected chi connectivity index (χ4v) is 2.15. The lowest BCUT2D eigenvalue weighted by atomic mass is 9.78. The number of hydrogen-bond donors (Lipinski definition) is 1. The van der Waals surface area contributed by atoms with Crippen molar-refractivity contribution in [2.24, 2.45) is 0 Å². The van der Waals surface area contributed by atoms with Crippen molar-refractivity contribution in [1.82, 2.24) is 4.90 Å². The molecular weight excluding hydrogens is 316 g/mol. The first-order valence-corrected chi connectivity index (χ1v) is 7.75. The van der Waals surface area contributed by atoms with Crippen LogP contribution in [0.15, 0.2) is 18.2 Å². The SMILES string of the molecule is CN(CCOc1ccc(B2OC(C)(C)C(C)(C)O2)c(F)c1)C(=O)O. The molecule has 0 atom stereocenters. The summed E-state index contributed by atoms with van der Waals surface area (Å²) >= 11 is 0. The van der Waals surface area contributed by atoms with Crippen LogP contribution >= 0.6 is 0 Å². The number of benzene rings is 1. The average Bonchev–Trinajstić information content (AvgIpc) is 2.67. The lowest BCUT2D eigenvalue weighted by molar-refractivity contribution is 0.00578. The summed E-state index contributed by atoms with van der Waals surface area (Å²) in [5, 5.41) is 8.75. The molecule has 6 nitrogen and oxygen atoms in total. The van der Waals surface area contributed by atoms with Gasteiger partial charge in [-0.3, -0.25) is 0 Å². The summed E-state index contributed by atoms with van der Waals surface area (Å²) < 4.78 is 31.4. The van der Waals surface area contributed by atoms with E-state index in [4.69, 9.17) is 19.2 Å². The van der Waals surface area contributed by atoms with E-state index in [9.17, 15) is 9.18 Å². The third-order valence-electron chi connectivity index (χ3n) is 4.50. The van der Waals surface area contributed by atoms with Crippen molar-refractivity contribution in [3.63, 3.8) is 0 Å². The monoisotopic (exact) mass is 339 g/mol. The standard InChI is InChI=1S/C16H23BFNO5/c1-15(2)16(3,4)24-17(23-15)12-7-6-11(10-13(12)18)22-9-8-19(5)14(20)21/h6-7,10H,8-9H2,1-5H3,(H,20,21). The number of nitrogens with zero attached hydrogens (tertiary/aromatic N) is 1. The van der Waals surface area contributed by atoms with E-state index in [1.807, 2.05) is 27.7 Å². The molecule has 1 saturated heterocycles. The number of ether oxygens (including phenoxy) is 1. The van der Waals surface area contributed by atoms with Crippen molar-refractivity contribution in [3.8, 4) is 5.75 Å². The van der Waals surface area contributed by atoms with Gasteiger partial charge in [0, 0.05) is 18.6 Å². The molecule has 1 aliphatic rings. The van der Waals surface area contributed by atoms with Gasteiger partial charge in [-0.15, -0.1) is 0 Å². The van der Waals surface area contributed by atoms with Crippen molar-refractivity contribution in [3.05, 3.63) is 24.0 Å². The molecule has 0 aliphatic carbocycles. The fraction of sp³-hybridized carbons (Fsp3) is 0.562. The second-order valence-corrected chi connectivity index (χ2v) is 6.82. The number of halogens is 1. The van der Waals surface area contributed by atoms with E-state index in [1.165, 1.54) is 13.1 Å². The van der Waals surface area contributed by atoms with Gasteiger partial charge in [0.1, 0.15) is 18.2 Å². The normalized spacial score (nSPS) is 18.5. The lowest BCUT2D eigenvalue weighted by Gasteiger charge is -2.32. The van der Waals surface area contributed by atoms with Crippen LogP contribution in [0, 0.1) is 5.82 Å². The Bertz CT molecular complexity index is 606. The Kier molecular flexibility index (Phi) is 5.10. The highest BCUT2D eigenvalue weighted by atomic mass is 19.1. The second kappa shape index (κ2) is 6.60. The summed E-state index contributed by atoms with van der Waals surface area (Å²) in [5.41, 5.74) is -0.773. The van der Waals surface area contributed by atoms with E-state index in [2.05, 4.69) is 0 Å². The summed E-state index contributed by atoms with van der Waals surface area (Å²) in [6.07, 6.45) is -1.04. The van der Waals surface area contributed by atoms with Gasteiger partial charge >= 0.3 is 13.2 Å². The third-order valence-corrected chi connectivity index (χ3v) is 4.50. The summed E-state index contributed by atoms with van der Waals surface area (Å²) in [6.45, 7) is 7.94. The van der Waals surface area contributed by atoms with E-state index in [-0.39, 0.29) is 13.2 Å². The molecule has 1 aliphatic heterocycles. The van der Waals surface area contributed by atoms with Crippen molar-refractivity contribution in [2.45, 2.75) is 38.9 Å². The van der Waals surface area contributed by atoms with E-state index in [0.717, 1.165) is 4.90 Å². The first-order valence-electron chi connectivity index (χ1n) is 7.75. The van der Waals surface area contributed by atoms with Gasteiger partial charge in [0.25, 0.3) is 0 Å². The maximum Gasteiger partial charge on any atom is 0.497 e. The Balaban J connectivity index is 2.02. The first kappa shape index (κ1) is 18.5. The van der Waals surface area contributed by atoms with Gasteiger partial charge in [0.15, 0.2) is 0 Å². The molecule has 1 fully saturated rings. The van der Waals surface area contributed by atoms with Gasteiger partial charge in [-0.25, -0.2) is 9.18 Å². The van der Waals surface area contributed by atoms with Crippen molar-refractivity contribution >= 4 is 18.7 Å². The molecule has 1 N–H and O–H groups in total. The van der Waals surface area contributed by atoms with Crippen LogP contribution in [0.25, 0.3) is 0 Å². The van der Waals surface area contributed by atoms with Crippen LogP contribution in [-0.2, 0) is 9.31 Å². The highest BCUT2D eigenvalue weighted by Gasteiger charge is 2.52. The third kappa shape index (κ3) is 3.81. The Morgan fingerprint density at radius 2 is 1.88 bits per heavy atom. The fourth-order valence-electron chi connectivity index (χ4n) is 2.15. The van der Waals surface area contributed by atoms with Crippen LogP contribution in [0.1, 0.15) is 27.7 Å². The molecule has 1 heterocycles. The molecule has 0 saturated carbocycles.